The normalized spacial score (nSPS) is 37.4. The van der Waals surface area contributed by atoms with E-state index in [-0.39, 0.29) is 38.1 Å². The summed E-state index contributed by atoms with van der Waals surface area (Å²) in [6, 6.07) is 13.7. The first kappa shape index (κ1) is 54.3. The Labute approximate surface area is 423 Å². The predicted molar refractivity (Wildman–Crippen MR) is 253 cm³/mol. The molecule has 8 rings (SSSR count). The van der Waals surface area contributed by atoms with Gasteiger partial charge in [0, 0.05) is 25.0 Å². The molecule has 4 amide bonds. The van der Waals surface area contributed by atoms with E-state index in [1.165, 1.54) is 11.9 Å². The number of amides is 4. The molecular formula is C50H71N5O18. The average molecular weight is 1030 g/mol. The summed E-state index contributed by atoms with van der Waals surface area (Å²) < 4.78 is 54.0. The smallest absolute Gasteiger partial charge is 0.410 e. The third kappa shape index (κ3) is 13.3. The van der Waals surface area contributed by atoms with Gasteiger partial charge in [0.05, 0.1) is 30.8 Å². The zero-order chi connectivity index (χ0) is 52.1. The van der Waals surface area contributed by atoms with Crippen molar-refractivity contribution in [2.24, 2.45) is 5.92 Å². The highest BCUT2D eigenvalue weighted by Gasteiger charge is 2.61. The molecule has 0 bridgehead atoms. The molecule has 404 valence electrons. The van der Waals surface area contributed by atoms with E-state index < -0.39 is 140 Å². The maximum Gasteiger partial charge on any atom is 0.410 e. The van der Waals surface area contributed by atoms with E-state index in [0.717, 1.165) is 11.1 Å². The number of hydrogen-bond donors (Lipinski definition) is 9. The minimum Gasteiger partial charge on any atom is -0.445 e. The number of hydrogen-bond acceptors (Lipinski definition) is 19. The van der Waals surface area contributed by atoms with E-state index in [9.17, 15) is 44.7 Å². The standard InChI is InChI=1S/C50H71N5O18/c1-25-20-32-41(70-43(25)69-40-31(54-47(62)66-24-27-14-10-7-11-15-27)21-30(36(57)38(40)59)53-46(61)65-23-26-12-8-6-9-13-26)42-35(55(5)49(64)71-42)44(67-32)72-45-39(60)37(58)34(33(22-56)68-45)51-28-16-18-29(19-17-28)52-48(63)73-50(2,3)4/h6-15,25,28-45,51,56-60H,16-24H2,1-5H3,(H,52,63)(H,53,61)(H,54,62)/t25?,28-,29-,30-,31?,32+,33?,34-,35?,36?,37+,38-,39?,40-,41?,42?,43+,44?,45-/m1/s1. The fourth-order valence-corrected chi connectivity index (χ4v) is 10.5. The summed E-state index contributed by atoms with van der Waals surface area (Å²) in [5.74, 6) is -0.501. The molecule has 2 aliphatic carbocycles. The van der Waals surface area contributed by atoms with Crippen LogP contribution in [0.15, 0.2) is 60.7 Å². The first-order chi connectivity index (χ1) is 34.8. The van der Waals surface area contributed by atoms with Crippen LogP contribution in [0.2, 0.25) is 0 Å². The van der Waals surface area contributed by atoms with Gasteiger partial charge in [-0.25, -0.2) is 19.2 Å². The van der Waals surface area contributed by atoms with E-state index in [0.29, 0.717) is 25.7 Å². The van der Waals surface area contributed by atoms with E-state index in [2.05, 4.69) is 21.3 Å². The molecule has 0 spiro atoms. The number of nitrogens with one attached hydrogen (secondary N) is 4. The number of benzene rings is 2. The topological polar surface area (TPSA) is 304 Å². The van der Waals surface area contributed by atoms with Crippen molar-refractivity contribution in [2.45, 2.75) is 195 Å². The van der Waals surface area contributed by atoms with Crippen LogP contribution in [-0.4, -0.2) is 184 Å². The van der Waals surface area contributed by atoms with Crippen LogP contribution in [0, 0.1) is 5.92 Å². The fourth-order valence-electron chi connectivity index (χ4n) is 10.5. The van der Waals surface area contributed by atoms with Gasteiger partial charge in [0.15, 0.2) is 25.0 Å². The minimum absolute atomic E-state index is 0.0521. The number of ether oxygens (including phenoxy) is 9. The number of nitrogens with zero attached hydrogens (tertiary/aromatic N) is 1. The highest BCUT2D eigenvalue weighted by atomic mass is 16.8. The van der Waals surface area contributed by atoms with Gasteiger partial charge in [0.2, 0.25) is 0 Å². The van der Waals surface area contributed by atoms with Crippen molar-refractivity contribution < 1.29 is 87.3 Å². The van der Waals surface area contributed by atoms with E-state index >= 15 is 0 Å². The predicted octanol–water partition coefficient (Wildman–Crippen LogP) is 1.63. The lowest BCUT2D eigenvalue weighted by Crippen LogP contribution is -2.69. The summed E-state index contributed by atoms with van der Waals surface area (Å²) in [4.78, 5) is 53.1. The summed E-state index contributed by atoms with van der Waals surface area (Å²) in [6.45, 7) is 6.51. The lowest BCUT2D eigenvalue weighted by atomic mass is 9.83. The van der Waals surface area contributed by atoms with Crippen LogP contribution >= 0.6 is 0 Å². The zero-order valence-corrected chi connectivity index (χ0v) is 41.6. The Morgan fingerprint density at radius 1 is 0.685 bits per heavy atom. The Morgan fingerprint density at radius 3 is 1.89 bits per heavy atom. The van der Waals surface area contributed by atoms with Crippen LogP contribution in [0.4, 0.5) is 19.2 Å². The highest BCUT2D eigenvalue weighted by Crippen LogP contribution is 2.42. The fraction of sp³-hybridized carbons (Fsp3) is 0.680. The number of rotatable bonds is 14. The molecule has 6 fully saturated rings. The minimum atomic E-state index is -1.69. The quantitative estimate of drug-likeness (QED) is 0.122. The Morgan fingerprint density at radius 2 is 1.29 bits per heavy atom. The van der Waals surface area contributed by atoms with Gasteiger partial charge in [-0.3, -0.25) is 4.90 Å². The molecule has 2 aromatic carbocycles. The summed E-state index contributed by atoms with van der Waals surface area (Å²) in [6.07, 6.45) is -15.8. The first-order valence-electron chi connectivity index (χ1n) is 25.1. The van der Waals surface area contributed by atoms with E-state index in [4.69, 9.17) is 42.6 Å². The van der Waals surface area contributed by atoms with Crippen molar-refractivity contribution >= 4 is 24.4 Å². The van der Waals surface area contributed by atoms with Crippen molar-refractivity contribution in [1.82, 2.24) is 26.2 Å². The number of aliphatic hydroxyl groups is 5. The molecule has 9 unspecified atom stereocenters. The Kier molecular flexibility index (Phi) is 17.7. The molecule has 23 nitrogen and oxygen atoms in total. The Bertz CT molecular complexity index is 2150. The molecule has 4 heterocycles. The van der Waals surface area contributed by atoms with Crippen molar-refractivity contribution in [1.29, 1.82) is 0 Å². The second-order valence-corrected chi connectivity index (χ2v) is 20.8. The van der Waals surface area contributed by atoms with Crippen LogP contribution in [0.25, 0.3) is 0 Å². The maximum atomic E-state index is 13.3. The molecule has 4 aliphatic heterocycles. The summed E-state index contributed by atoms with van der Waals surface area (Å²) >= 11 is 0. The molecule has 17 atom stereocenters. The Hall–Kier alpha value is -4.92. The molecule has 2 aromatic rings. The second kappa shape index (κ2) is 23.7. The molecule has 73 heavy (non-hydrogen) atoms. The average Bonchev–Trinajstić information content (AvgIpc) is 3.66. The van der Waals surface area contributed by atoms with Gasteiger partial charge < -0.3 is 89.4 Å². The van der Waals surface area contributed by atoms with Crippen LogP contribution < -0.4 is 21.3 Å². The van der Waals surface area contributed by atoms with Crippen molar-refractivity contribution in [2.75, 3.05) is 13.7 Å². The number of carbonyl (C=O) groups excluding carboxylic acids is 4. The van der Waals surface area contributed by atoms with Gasteiger partial charge in [-0.15, -0.1) is 0 Å². The van der Waals surface area contributed by atoms with E-state index in [1.54, 1.807) is 76.2 Å². The van der Waals surface area contributed by atoms with Crippen molar-refractivity contribution in [3.8, 4) is 0 Å². The molecular weight excluding hydrogens is 959 g/mol. The SMILES string of the molecule is CC1C[C@@H]2OC(O[C@H]3OC(CO)[C@@H](N[C@H]4CC[C@H](NC(=O)OC(C)(C)C)CC4)[C@H](O)C3O)C3C(OC(=O)N3C)C2O[C@@H]1O[C@@H]1C(NC(=O)OCc2ccccc2)C[C@@H](NC(=O)OCc2ccccc2)C(O)[C@H]1O. The molecule has 4 saturated heterocycles. The highest BCUT2D eigenvalue weighted by molar-refractivity contribution is 5.71. The molecule has 6 aliphatic rings. The third-order valence-electron chi connectivity index (χ3n) is 14.3. The van der Waals surface area contributed by atoms with Gasteiger partial charge in [0.1, 0.15) is 67.6 Å². The molecule has 0 aromatic heterocycles. The summed E-state index contributed by atoms with van der Waals surface area (Å²) in [5, 5.41) is 68.2. The largest absolute Gasteiger partial charge is 0.445 e. The zero-order valence-electron chi connectivity index (χ0n) is 41.6. The number of carbonyl (C=O) groups is 4. The summed E-state index contributed by atoms with van der Waals surface area (Å²) in [7, 11) is 1.47. The van der Waals surface area contributed by atoms with Crippen molar-refractivity contribution in [3.63, 3.8) is 0 Å². The maximum absolute atomic E-state index is 13.3. The van der Waals surface area contributed by atoms with Crippen LogP contribution in [0.1, 0.15) is 77.3 Å². The first-order valence-corrected chi connectivity index (χ1v) is 25.1. The molecule has 2 saturated carbocycles. The lowest BCUT2D eigenvalue weighted by molar-refractivity contribution is -0.376. The summed E-state index contributed by atoms with van der Waals surface area (Å²) in [5.41, 5.74) is 0.822. The van der Waals surface area contributed by atoms with Gasteiger partial charge in [0.25, 0.3) is 0 Å². The molecule has 0 radical (unpaired) electrons. The van der Waals surface area contributed by atoms with E-state index in [1.807, 2.05) is 12.1 Å². The van der Waals surface area contributed by atoms with Crippen LogP contribution in [0.5, 0.6) is 0 Å². The van der Waals surface area contributed by atoms with Gasteiger partial charge in [-0.05, 0) is 70.4 Å². The van der Waals surface area contributed by atoms with Crippen LogP contribution in [0.3, 0.4) is 0 Å². The van der Waals surface area contributed by atoms with Gasteiger partial charge in [-0.2, -0.15) is 0 Å². The lowest BCUT2D eigenvalue weighted by Gasteiger charge is -2.51. The number of aliphatic hydroxyl groups excluding tert-OH is 5. The number of alkyl carbamates (subject to hydrolysis) is 3. The second-order valence-electron chi connectivity index (χ2n) is 20.8. The van der Waals surface area contributed by atoms with Crippen molar-refractivity contribution in [3.05, 3.63) is 71.8 Å². The number of fused-ring (bicyclic) bond motifs is 3. The molecule has 23 heteroatoms. The monoisotopic (exact) mass is 1030 g/mol. The van der Waals surface area contributed by atoms with Gasteiger partial charge in [-0.1, -0.05) is 67.6 Å². The molecule has 9 N–H and O–H groups in total. The van der Waals surface area contributed by atoms with Crippen LogP contribution in [-0.2, 0) is 55.8 Å². The number of likely N-dealkylation sites (N-methyl/N-ethyl adjacent to an activating group) is 1. The van der Waals surface area contributed by atoms with Gasteiger partial charge >= 0.3 is 24.4 Å². The Balaban J connectivity index is 0.906. The third-order valence-corrected chi connectivity index (χ3v) is 14.3.